The van der Waals surface area contributed by atoms with Gasteiger partial charge in [0.2, 0.25) is 0 Å². The number of nitrogens with zero attached hydrogens (tertiary/aromatic N) is 3. The topological polar surface area (TPSA) is 118 Å². The maximum Gasteiger partial charge on any atom is 0.354 e. The summed E-state index contributed by atoms with van der Waals surface area (Å²) >= 11 is 0.976. The summed E-state index contributed by atoms with van der Waals surface area (Å²) in [6.45, 7) is 0. The van der Waals surface area contributed by atoms with Crippen LogP contribution in [0.4, 0.5) is 0 Å². The van der Waals surface area contributed by atoms with Crippen molar-refractivity contribution in [1.29, 1.82) is 0 Å². The van der Waals surface area contributed by atoms with Crippen LogP contribution in [0.15, 0.2) is 38.0 Å². The van der Waals surface area contributed by atoms with Gasteiger partial charge in [0.15, 0.2) is 5.16 Å². The van der Waals surface area contributed by atoms with Crippen LogP contribution < -0.4 is 11.1 Å². The number of aromatic nitrogens is 4. The second-order valence-corrected chi connectivity index (χ2v) is 4.46. The van der Waals surface area contributed by atoms with Crippen molar-refractivity contribution in [2.75, 3.05) is 0 Å². The van der Waals surface area contributed by atoms with E-state index in [2.05, 4.69) is 15.1 Å². The minimum absolute atomic E-state index is 0.112. The van der Waals surface area contributed by atoms with Crippen LogP contribution in [0, 0.1) is 0 Å². The third kappa shape index (κ3) is 2.88. The number of aryl methyl sites for hydroxylation is 1. The van der Waals surface area contributed by atoms with Crippen molar-refractivity contribution in [2.45, 2.75) is 10.2 Å². The van der Waals surface area contributed by atoms with E-state index in [1.807, 2.05) is 0 Å². The molecule has 0 bridgehead atoms. The lowest BCUT2D eigenvalue weighted by Crippen LogP contribution is -2.33. The Morgan fingerprint density at radius 1 is 1.37 bits per heavy atom. The lowest BCUT2D eigenvalue weighted by atomic mass is 10.4. The third-order valence-corrected chi connectivity index (χ3v) is 3.07. The van der Waals surface area contributed by atoms with Crippen LogP contribution in [0.5, 0.6) is 0 Å². The van der Waals surface area contributed by atoms with E-state index in [1.165, 1.54) is 23.9 Å². The van der Waals surface area contributed by atoms with Crippen molar-refractivity contribution in [3.05, 3.63) is 44.6 Å². The van der Waals surface area contributed by atoms with Gasteiger partial charge in [-0.25, -0.2) is 9.78 Å². The van der Waals surface area contributed by atoms with Crippen molar-refractivity contribution in [3.63, 3.8) is 0 Å². The van der Waals surface area contributed by atoms with Crippen molar-refractivity contribution < 1.29 is 9.90 Å². The largest absolute Gasteiger partial charge is 0.477 e. The maximum atomic E-state index is 11.2. The Morgan fingerprint density at radius 2 is 2.11 bits per heavy atom. The summed E-state index contributed by atoms with van der Waals surface area (Å²) in [6.07, 6.45) is 0. The zero-order chi connectivity index (χ0) is 14.0. The number of pyridine rings is 1. The highest BCUT2D eigenvalue weighted by Crippen LogP contribution is 2.22. The first kappa shape index (κ1) is 13.0. The maximum absolute atomic E-state index is 11.2. The first-order valence-corrected chi connectivity index (χ1v) is 5.84. The fraction of sp³-hybridized carbons (Fsp3) is 0.100. The van der Waals surface area contributed by atoms with Crippen LogP contribution in [0.25, 0.3) is 0 Å². The molecule has 0 unspecified atom stereocenters. The molecule has 19 heavy (non-hydrogen) atoms. The summed E-state index contributed by atoms with van der Waals surface area (Å²) in [6, 6.07) is 4.46. The van der Waals surface area contributed by atoms with E-state index in [0.717, 1.165) is 11.8 Å². The van der Waals surface area contributed by atoms with Crippen LogP contribution in [-0.4, -0.2) is 30.8 Å². The van der Waals surface area contributed by atoms with Gasteiger partial charge < -0.3 is 5.11 Å². The summed E-state index contributed by atoms with van der Waals surface area (Å²) in [5.74, 6) is -1.15. The number of H-pyrrole nitrogens is 1. The number of hydrogen-bond acceptors (Lipinski definition) is 6. The summed E-state index contributed by atoms with van der Waals surface area (Å²) in [5, 5.41) is 11.7. The molecule has 2 heterocycles. The zero-order valence-corrected chi connectivity index (χ0v) is 10.5. The normalized spacial score (nSPS) is 10.4. The van der Waals surface area contributed by atoms with Crippen LogP contribution in [-0.2, 0) is 7.05 Å². The summed E-state index contributed by atoms with van der Waals surface area (Å²) < 4.78 is 1.27. The summed E-state index contributed by atoms with van der Waals surface area (Å²) in [7, 11) is 1.51. The van der Waals surface area contributed by atoms with Gasteiger partial charge >= 0.3 is 17.1 Å². The number of aromatic amines is 1. The molecule has 2 rings (SSSR count). The van der Waals surface area contributed by atoms with Crippen LogP contribution in [0.1, 0.15) is 10.5 Å². The fourth-order valence-electron chi connectivity index (χ4n) is 1.24. The molecule has 0 saturated carbocycles. The highest BCUT2D eigenvalue weighted by Gasteiger charge is 2.09. The molecule has 0 aliphatic rings. The van der Waals surface area contributed by atoms with Gasteiger partial charge in [-0.3, -0.25) is 19.4 Å². The Kier molecular flexibility index (Phi) is 3.47. The fourth-order valence-corrected chi connectivity index (χ4v) is 2.02. The standard InChI is InChI=1S/C10H8N4O4S/c1-14-10(12-7(15)8(16)13-14)19-6-4-2-3-5(11-6)9(17)18/h2-4H,1H3,(H,13,16)(H,17,18). The molecule has 0 aliphatic heterocycles. The molecule has 0 fully saturated rings. The molecule has 8 nitrogen and oxygen atoms in total. The van der Waals surface area contributed by atoms with E-state index in [9.17, 15) is 14.4 Å². The minimum Gasteiger partial charge on any atom is -0.477 e. The Balaban J connectivity index is 2.39. The number of rotatable bonds is 3. The van der Waals surface area contributed by atoms with Gasteiger partial charge in [-0.1, -0.05) is 6.07 Å². The predicted octanol–water partition coefficient (Wildman–Crippen LogP) is -0.287. The zero-order valence-electron chi connectivity index (χ0n) is 9.65. The number of hydrogen-bond donors (Lipinski definition) is 2. The molecule has 0 amide bonds. The first-order chi connectivity index (χ1) is 8.97. The Labute approximate surface area is 110 Å². The van der Waals surface area contributed by atoms with Gasteiger partial charge in [0.1, 0.15) is 10.7 Å². The van der Waals surface area contributed by atoms with Gasteiger partial charge in [0.05, 0.1) is 0 Å². The van der Waals surface area contributed by atoms with Crippen molar-refractivity contribution in [3.8, 4) is 0 Å². The average Bonchev–Trinajstić information content (AvgIpc) is 2.36. The molecular formula is C10H8N4O4S. The molecule has 0 aromatic carbocycles. The molecule has 0 spiro atoms. The number of nitrogens with one attached hydrogen (secondary N) is 1. The van der Waals surface area contributed by atoms with Gasteiger partial charge in [0.25, 0.3) is 0 Å². The number of aromatic carboxylic acids is 1. The van der Waals surface area contributed by atoms with E-state index in [0.29, 0.717) is 5.03 Å². The molecular weight excluding hydrogens is 272 g/mol. The van der Waals surface area contributed by atoms with E-state index in [4.69, 9.17) is 5.11 Å². The highest BCUT2D eigenvalue weighted by atomic mass is 32.2. The molecule has 2 aromatic heterocycles. The van der Waals surface area contributed by atoms with Crippen molar-refractivity contribution in [1.82, 2.24) is 19.7 Å². The highest BCUT2D eigenvalue weighted by molar-refractivity contribution is 7.99. The molecule has 0 radical (unpaired) electrons. The molecule has 9 heteroatoms. The summed E-state index contributed by atoms with van der Waals surface area (Å²) in [5.41, 5.74) is -1.84. The Bertz CT molecular complexity index is 752. The second-order valence-electron chi connectivity index (χ2n) is 3.47. The lowest BCUT2D eigenvalue weighted by molar-refractivity contribution is 0.0689. The van der Waals surface area contributed by atoms with Crippen molar-refractivity contribution >= 4 is 17.7 Å². The number of carboxylic acids is 1. The molecule has 2 aromatic rings. The Morgan fingerprint density at radius 3 is 2.79 bits per heavy atom. The molecule has 2 N–H and O–H groups in total. The van der Waals surface area contributed by atoms with E-state index >= 15 is 0 Å². The summed E-state index contributed by atoms with van der Waals surface area (Å²) in [4.78, 5) is 40.4. The van der Waals surface area contributed by atoms with Crippen LogP contribution in [0.2, 0.25) is 0 Å². The monoisotopic (exact) mass is 280 g/mol. The molecule has 0 atom stereocenters. The van der Waals surface area contributed by atoms with Gasteiger partial charge in [0, 0.05) is 7.05 Å². The SMILES string of the molecule is Cn1[nH]c(=O)c(=O)nc1Sc1cccc(C(=O)O)n1. The van der Waals surface area contributed by atoms with Gasteiger partial charge in [-0.05, 0) is 23.9 Å². The average molecular weight is 280 g/mol. The lowest BCUT2D eigenvalue weighted by Gasteiger charge is -2.05. The van der Waals surface area contributed by atoms with E-state index in [1.54, 1.807) is 6.07 Å². The van der Waals surface area contributed by atoms with Crippen LogP contribution >= 0.6 is 11.8 Å². The third-order valence-electron chi connectivity index (χ3n) is 2.09. The molecule has 98 valence electrons. The van der Waals surface area contributed by atoms with Crippen molar-refractivity contribution in [2.24, 2.45) is 7.05 Å². The number of carbonyl (C=O) groups is 1. The second kappa shape index (κ2) is 5.06. The Hall–Kier alpha value is -2.42. The minimum atomic E-state index is -1.15. The van der Waals surface area contributed by atoms with Gasteiger partial charge in [-0.15, -0.1) is 0 Å². The smallest absolute Gasteiger partial charge is 0.354 e. The predicted molar refractivity (Wildman–Crippen MR) is 65.4 cm³/mol. The molecule has 0 saturated heterocycles. The van der Waals surface area contributed by atoms with Crippen LogP contribution in [0.3, 0.4) is 0 Å². The van der Waals surface area contributed by atoms with Gasteiger partial charge in [-0.2, -0.15) is 4.98 Å². The van der Waals surface area contributed by atoms with E-state index in [-0.39, 0.29) is 10.9 Å². The number of carboxylic acid groups (broad SMARTS) is 1. The first-order valence-electron chi connectivity index (χ1n) is 5.03. The quantitative estimate of drug-likeness (QED) is 0.742. The van der Waals surface area contributed by atoms with E-state index < -0.39 is 17.1 Å². The molecule has 0 aliphatic carbocycles.